The summed E-state index contributed by atoms with van der Waals surface area (Å²) < 4.78 is 15.8. The Hall–Kier alpha value is -2.95. The molecule has 0 unspecified atom stereocenters. The molecule has 0 atom stereocenters. The lowest BCUT2D eigenvalue weighted by molar-refractivity contribution is -0.142. The predicted molar refractivity (Wildman–Crippen MR) is 90.2 cm³/mol. The van der Waals surface area contributed by atoms with Crippen LogP contribution in [0.1, 0.15) is 12.5 Å². The van der Waals surface area contributed by atoms with Gasteiger partial charge in [0.1, 0.15) is 0 Å². The fourth-order valence-electron chi connectivity index (χ4n) is 2.95. The number of rotatable bonds is 4. The van der Waals surface area contributed by atoms with Crippen molar-refractivity contribution < 1.29 is 19.0 Å². The Morgan fingerprint density at radius 1 is 1.12 bits per heavy atom. The Morgan fingerprint density at radius 3 is 2.79 bits per heavy atom. The van der Waals surface area contributed by atoms with Gasteiger partial charge in [-0.25, -0.2) is 0 Å². The summed E-state index contributed by atoms with van der Waals surface area (Å²) in [6.45, 7) is 2.47. The van der Waals surface area contributed by atoms with Crippen molar-refractivity contribution in [2.75, 3.05) is 13.4 Å². The largest absolute Gasteiger partial charge is 0.466 e. The molecule has 1 aromatic heterocycles. The molecule has 4 rings (SSSR count). The number of fused-ring (bicyclic) bond motifs is 2. The smallest absolute Gasteiger partial charge is 0.310 e. The van der Waals surface area contributed by atoms with Crippen LogP contribution in [0.2, 0.25) is 0 Å². The van der Waals surface area contributed by atoms with E-state index in [9.17, 15) is 4.79 Å². The summed E-state index contributed by atoms with van der Waals surface area (Å²) in [5, 5.41) is 1.03. The van der Waals surface area contributed by atoms with E-state index in [2.05, 4.69) is 11.1 Å². The van der Waals surface area contributed by atoms with Gasteiger partial charge in [0, 0.05) is 17.1 Å². The number of aromatic nitrogens is 1. The molecule has 0 fully saturated rings. The van der Waals surface area contributed by atoms with Crippen LogP contribution in [0.5, 0.6) is 11.5 Å². The van der Waals surface area contributed by atoms with Gasteiger partial charge < -0.3 is 19.2 Å². The summed E-state index contributed by atoms with van der Waals surface area (Å²) in [4.78, 5) is 15.0. The summed E-state index contributed by atoms with van der Waals surface area (Å²) in [7, 11) is 0. The molecule has 1 aliphatic heterocycles. The average Bonchev–Trinajstić information content (AvgIpc) is 3.21. The zero-order chi connectivity index (χ0) is 16.5. The lowest BCUT2D eigenvalue weighted by Crippen LogP contribution is -2.06. The molecule has 3 aromatic rings. The number of ether oxygens (including phenoxy) is 3. The third kappa shape index (κ3) is 2.58. The maximum Gasteiger partial charge on any atom is 0.310 e. The summed E-state index contributed by atoms with van der Waals surface area (Å²) >= 11 is 0. The highest BCUT2D eigenvalue weighted by Gasteiger charge is 2.15. The van der Waals surface area contributed by atoms with Crippen molar-refractivity contribution in [1.29, 1.82) is 0 Å². The molecule has 0 aliphatic carbocycles. The van der Waals surface area contributed by atoms with E-state index in [0.717, 1.165) is 39.1 Å². The van der Waals surface area contributed by atoms with Gasteiger partial charge >= 0.3 is 5.97 Å². The van der Waals surface area contributed by atoms with Crippen LogP contribution in [0, 0.1) is 0 Å². The van der Waals surface area contributed by atoms with Crippen molar-refractivity contribution in [2.24, 2.45) is 0 Å². The molecule has 5 heteroatoms. The third-order valence-electron chi connectivity index (χ3n) is 4.11. The van der Waals surface area contributed by atoms with Gasteiger partial charge in [-0.15, -0.1) is 0 Å². The number of esters is 1. The molecular formula is C19H17NO4. The van der Waals surface area contributed by atoms with Crippen molar-refractivity contribution in [3.05, 3.63) is 48.2 Å². The molecule has 0 amide bonds. The Kier molecular flexibility index (Phi) is 3.61. The van der Waals surface area contributed by atoms with Crippen molar-refractivity contribution in [3.8, 4) is 22.6 Å². The zero-order valence-electron chi connectivity index (χ0n) is 13.3. The normalized spacial score (nSPS) is 12.5. The van der Waals surface area contributed by atoms with Crippen LogP contribution in [0.25, 0.3) is 22.0 Å². The molecule has 2 aromatic carbocycles. The van der Waals surface area contributed by atoms with Gasteiger partial charge in [-0.2, -0.15) is 0 Å². The number of benzene rings is 2. The molecule has 0 saturated heterocycles. The summed E-state index contributed by atoms with van der Waals surface area (Å²) in [6.07, 6.45) is 2.13. The number of H-pyrrole nitrogens is 1. The molecule has 0 radical (unpaired) electrons. The van der Waals surface area contributed by atoms with Crippen molar-refractivity contribution in [1.82, 2.24) is 4.98 Å². The van der Waals surface area contributed by atoms with E-state index in [1.54, 1.807) is 0 Å². The van der Waals surface area contributed by atoms with Crippen LogP contribution >= 0.6 is 0 Å². The number of hydrogen-bond donors (Lipinski definition) is 1. The second-order valence-electron chi connectivity index (χ2n) is 5.62. The van der Waals surface area contributed by atoms with Gasteiger partial charge in [-0.3, -0.25) is 4.79 Å². The molecule has 0 saturated carbocycles. The number of carbonyl (C=O) groups excluding carboxylic acids is 1. The first-order valence-corrected chi connectivity index (χ1v) is 7.90. The Labute approximate surface area is 139 Å². The fourth-order valence-corrected chi connectivity index (χ4v) is 2.95. The van der Waals surface area contributed by atoms with Crippen LogP contribution < -0.4 is 9.47 Å². The van der Waals surface area contributed by atoms with E-state index in [1.807, 2.05) is 43.5 Å². The molecular weight excluding hydrogens is 306 g/mol. The van der Waals surface area contributed by atoms with Gasteiger partial charge in [0.15, 0.2) is 11.5 Å². The number of nitrogens with one attached hydrogen (secondary N) is 1. The summed E-state index contributed by atoms with van der Waals surface area (Å²) in [5.74, 6) is 1.31. The Balaban J connectivity index is 1.71. The second-order valence-corrected chi connectivity index (χ2v) is 5.62. The van der Waals surface area contributed by atoms with Crippen molar-refractivity contribution >= 4 is 16.9 Å². The highest BCUT2D eigenvalue weighted by Crippen LogP contribution is 2.36. The van der Waals surface area contributed by atoms with Crippen molar-refractivity contribution in [2.45, 2.75) is 13.3 Å². The first kappa shape index (κ1) is 14.6. The Bertz CT molecular complexity index is 913. The quantitative estimate of drug-likeness (QED) is 0.744. The number of hydrogen-bond acceptors (Lipinski definition) is 4. The molecule has 24 heavy (non-hydrogen) atoms. The average molecular weight is 323 g/mol. The fraction of sp³-hybridized carbons (Fsp3) is 0.211. The van der Waals surface area contributed by atoms with Crippen molar-refractivity contribution in [3.63, 3.8) is 0 Å². The Morgan fingerprint density at radius 2 is 1.92 bits per heavy atom. The van der Waals surface area contributed by atoms with Crippen LogP contribution in [0.15, 0.2) is 42.6 Å². The number of carbonyl (C=O) groups is 1. The van der Waals surface area contributed by atoms with Gasteiger partial charge in [0.2, 0.25) is 6.79 Å². The van der Waals surface area contributed by atoms with Gasteiger partial charge in [-0.05, 0) is 47.9 Å². The van der Waals surface area contributed by atoms with E-state index in [0.29, 0.717) is 6.61 Å². The molecule has 0 spiro atoms. The first-order chi connectivity index (χ1) is 11.7. The van der Waals surface area contributed by atoms with E-state index in [4.69, 9.17) is 14.2 Å². The minimum Gasteiger partial charge on any atom is -0.466 e. The van der Waals surface area contributed by atoms with Gasteiger partial charge in [0.25, 0.3) is 0 Å². The van der Waals surface area contributed by atoms with E-state index >= 15 is 0 Å². The third-order valence-corrected chi connectivity index (χ3v) is 4.11. The summed E-state index contributed by atoms with van der Waals surface area (Å²) in [5.41, 5.74) is 4.04. The van der Waals surface area contributed by atoms with E-state index < -0.39 is 0 Å². The zero-order valence-corrected chi connectivity index (χ0v) is 13.3. The molecule has 0 bridgehead atoms. The molecule has 122 valence electrons. The first-order valence-electron chi connectivity index (χ1n) is 7.90. The molecule has 2 heterocycles. The van der Waals surface area contributed by atoms with Gasteiger partial charge in [0.05, 0.1) is 13.0 Å². The topological polar surface area (TPSA) is 60.6 Å². The molecule has 1 N–H and O–H groups in total. The van der Waals surface area contributed by atoms with E-state index in [1.165, 1.54) is 0 Å². The second kappa shape index (κ2) is 5.92. The van der Waals surface area contributed by atoms with Crippen LogP contribution in [-0.2, 0) is 16.0 Å². The summed E-state index contributed by atoms with van der Waals surface area (Å²) in [6, 6.07) is 12.0. The molecule has 5 nitrogen and oxygen atoms in total. The van der Waals surface area contributed by atoms with Crippen LogP contribution in [-0.4, -0.2) is 24.4 Å². The van der Waals surface area contributed by atoms with Crippen LogP contribution in [0.4, 0.5) is 0 Å². The standard InChI is InChI=1S/C19H17NO4/c1-2-22-19(21)9-14-10-20-16-5-3-12(7-15(14)16)13-4-6-17-18(8-13)24-11-23-17/h3-8,10,20H,2,9,11H2,1H3. The lowest BCUT2D eigenvalue weighted by atomic mass is 10.0. The predicted octanol–water partition coefficient (Wildman–Crippen LogP) is 3.67. The van der Waals surface area contributed by atoms with Gasteiger partial charge in [-0.1, -0.05) is 12.1 Å². The van der Waals surface area contributed by atoms with E-state index in [-0.39, 0.29) is 19.2 Å². The molecule has 1 aliphatic rings. The SMILES string of the molecule is CCOC(=O)Cc1c[nH]c2ccc(-c3ccc4c(c3)OCO4)cc12. The highest BCUT2D eigenvalue weighted by atomic mass is 16.7. The minimum atomic E-state index is -0.216. The monoisotopic (exact) mass is 323 g/mol. The number of aromatic amines is 1. The van der Waals surface area contributed by atoms with Crippen LogP contribution in [0.3, 0.4) is 0 Å². The minimum absolute atomic E-state index is 0.216. The highest BCUT2D eigenvalue weighted by molar-refractivity contribution is 5.91. The maximum absolute atomic E-state index is 11.8. The lowest BCUT2D eigenvalue weighted by Gasteiger charge is -2.05. The maximum atomic E-state index is 11.8.